The summed E-state index contributed by atoms with van der Waals surface area (Å²) < 4.78 is 5.10. The zero-order valence-electron chi connectivity index (χ0n) is 21.3. The van der Waals surface area contributed by atoms with Gasteiger partial charge >= 0.3 is 18.0 Å². The summed E-state index contributed by atoms with van der Waals surface area (Å²) in [6.45, 7) is 4.28. The Kier molecular flexibility index (Phi) is 11.6. The molecule has 10 heteroatoms. The Morgan fingerprint density at radius 3 is 2.14 bits per heavy atom. The molecule has 0 aliphatic rings. The van der Waals surface area contributed by atoms with Crippen molar-refractivity contribution in [3.05, 3.63) is 60.2 Å². The number of ether oxygens (including phenoxy) is 1. The third-order valence-electron chi connectivity index (χ3n) is 5.46. The number of carbonyl (C=O) groups excluding carboxylic acids is 3. The number of aliphatic carboxylic acids is 1. The molecule has 0 aliphatic heterocycles. The van der Waals surface area contributed by atoms with Gasteiger partial charge in [-0.25, -0.2) is 14.4 Å². The molecule has 0 saturated carbocycles. The summed E-state index contributed by atoms with van der Waals surface area (Å²) in [7, 11) is 0. The van der Waals surface area contributed by atoms with Gasteiger partial charge in [-0.15, -0.1) is 0 Å². The van der Waals surface area contributed by atoms with Crippen LogP contribution in [0.4, 0.5) is 4.79 Å². The van der Waals surface area contributed by atoms with Crippen molar-refractivity contribution in [3.63, 3.8) is 0 Å². The highest BCUT2D eigenvalue weighted by Gasteiger charge is 2.33. The van der Waals surface area contributed by atoms with E-state index < -0.39 is 36.7 Å². The van der Waals surface area contributed by atoms with Gasteiger partial charge in [-0.2, -0.15) is 0 Å². The van der Waals surface area contributed by atoms with Crippen LogP contribution in [0.25, 0.3) is 11.1 Å². The topological polar surface area (TPSA) is 145 Å². The normalized spacial score (nSPS) is 12.4. The van der Waals surface area contributed by atoms with E-state index in [1.54, 1.807) is 12.1 Å². The van der Waals surface area contributed by atoms with Gasteiger partial charge in [0, 0.05) is 19.9 Å². The zero-order valence-corrected chi connectivity index (χ0v) is 21.3. The van der Waals surface area contributed by atoms with E-state index in [0.29, 0.717) is 5.56 Å². The van der Waals surface area contributed by atoms with Crippen LogP contribution in [-0.4, -0.2) is 77.4 Å². The fourth-order valence-corrected chi connectivity index (χ4v) is 3.65. The number of carbonyl (C=O) groups is 4. The summed E-state index contributed by atoms with van der Waals surface area (Å²) in [5.41, 5.74) is 2.71. The molecule has 0 saturated heterocycles. The molecule has 3 amide bonds. The Bertz CT molecular complexity index is 1040. The molecule has 2 rings (SSSR count). The average Bonchev–Trinajstić information content (AvgIpc) is 2.86. The van der Waals surface area contributed by atoms with Crippen molar-refractivity contribution in [3.8, 4) is 11.1 Å². The van der Waals surface area contributed by atoms with E-state index in [9.17, 15) is 29.4 Å². The van der Waals surface area contributed by atoms with Gasteiger partial charge in [0.25, 0.3) is 0 Å². The first-order valence-corrected chi connectivity index (χ1v) is 12.1. The summed E-state index contributed by atoms with van der Waals surface area (Å²) in [5.74, 6) is -2.46. The lowest BCUT2D eigenvalue weighted by molar-refractivity contribution is -0.150. The predicted molar refractivity (Wildman–Crippen MR) is 138 cm³/mol. The number of hydrogen-bond acceptors (Lipinski definition) is 6. The third-order valence-corrected chi connectivity index (χ3v) is 5.46. The quantitative estimate of drug-likeness (QED) is 0.237. The Morgan fingerprint density at radius 1 is 0.973 bits per heavy atom. The Balaban J connectivity index is 2.11. The molecule has 37 heavy (non-hydrogen) atoms. The van der Waals surface area contributed by atoms with Crippen LogP contribution in [-0.2, 0) is 25.5 Å². The van der Waals surface area contributed by atoms with Crippen molar-refractivity contribution in [2.24, 2.45) is 5.92 Å². The van der Waals surface area contributed by atoms with E-state index in [1.165, 1.54) is 6.92 Å². The largest absolute Gasteiger partial charge is 0.480 e. The number of aliphatic hydroxyl groups excluding tert-OH is 1. The van der Waals surface area contributed by atoms with Gasteiger partial charge < -0.3 is 30.5 Å². The molecular weight excluding hydrogens is 478 g/mol. The number of nitrogens with one attached hydrogen (secondary N) is 2. The van der Waals surface area contributed by atoms with Gasteiger partial charge in [0.15, 0.2) is 6.04 Å². The lowest BCUT2D eigenvalue weighted by atomic mass is 10.0. The van der Waals surface area contributed by atoms with Crippen LogP contribution < -0.4 is 10.6 Å². The minimum Gasteiger partial charge on any atom is -0.480 e. The van der Waals surface area contributed by atoms with Crippen LogP contribution in [0.5, 0.6) is 0 Å². The van der Waals surface area contributed by atoms with Crippen LogP contribution in [0, 0.1) is 5.92 Å². The Morgan fingerprint density at radius 2 is 1.59 bits per heavy atom. The van der Waals surface area contributed by atoms with Crippen molar-refractivity contribution >= 4 is 23.9 Å². The monoisotopic (exact) mass is 513 g/mol. The van der Waals surface area contributed by atoms with Crippen molar-refractivity contribution in [2.75, 3.05) is 26.3 Å². The maximum absolute atomic E-state index is 13.1. The first kappa shape index (κ1) is 29.3. The molecular formula is C27H35N3O7. The van der Waals surface area contributed by atoms with Crippen LogP contribution in [0.3, 0.4) is 0 Å². The maximum atomic E-state index is 13.1. The molecule has 0 fully saturated rings. The summed E-state index contributed by atoms with van der Waals surface area (Å²) in [5, 5.41) is 24.6. The van der Waals surface area contributed by atoms with E-state index in [1.807, 2.05) is 56.3 Å². The van der Waals surface area contributed by atoms with E-state index in [4.69, 9.17) is 4.74 Å². The molecule has 0 spiro atoms. The number of urea groups is 1. The molecule has 10 nitrogen and oxygen atoms in total. The van der Waals surface area contributed by atoms with Crippen molar-refractivity contribution in [2.45, 2.75) is 39.3 Å². The van der Waals surface area contributed by atoms with Gasteiger partial charge in [0.2, 0.25) is 5.91 Å². The summed E-state index contributed by atoms with van der Waals surface area (Å²) in [4.78, 5) is 49.7. The first-order chi connectivity index (χ1) is 17.6. The molecule has 2 atom stereocenters. The van der Waals surface area contributed by atoms with Crippen LogP contribution in [0.15, 0.2) is 54.6 Å². The van der Waals surface area contributed by atoms with Gasteiger partial charge in [-0.3, -0.25) is 4.79 Å². The van der Waals surface area contributed by atoms with E-state index >= 15 is 0 Å². The molecule has 0 radical (unpaired) electrons. The summed E-state index contributed by atoms with van der Waals surface area (Å²) in [6.07, 6.45) is 0.0244. The lowest BCUT2D eigenvalue weighted by Crippen LogP contribution is -2.56. The number of hydrogen-bond donors (Lipinski definition) is 4. The Labute approximate surface area is 216 Å². The van der Waals surface area contributed by atoms with Crippen molar-refractivity contribution in [1.29, 1.82) is 0 Å². The van der Waals surface area contributed by atoms with E-state index in [2.05, 4.69) is 10.6 Å². The number of esters is 1. The van der Waals surface area contributed by atoms with Crippen LogP contribution in [0.2, 0.25) is 0 Å². The predicted octanol–water partition coefficient (Wildman–Crippen LogP) is 2.06. The van der Waals surface area contributed by atoms with E-state index in [0.717, 1.165) is 16.0 Å². The van der Waals surface area contributed by atoms with Gasteiger partial charge in [-0.1, -0.05) is 68.4 Å². The highest BCUT2D eigenvalue weighted by molar-refractivity contribution is 5.87. The number of carboxylic acids is 1. The van der Waals surface area contributed by atoms with Gasteiger partial charge in [0.1, 0.15) is 12.6 Å². The third kappa shape index (κ3) is 9.57. The van der Waals surface area contributed by atoms with Crippen LogP contribution in [0.1, 0.15) is 26.3 Å². The molecule has 0 aromatic heterocycles. The van der Waals surface area contributed by atoms with Gasteiger partial charge in [0.05, 0.1) is 13.2 Å². The second-order valence-electron chi connectivity index (χ2n) is 9.00. The van der Waals surface area contributed by atoms with Crippen molar-refractivity contribution in [1.82, 2.24) is 15.5 Å². The molecule has 0 bridgehead atoms. The average molecular weight is 514 g/mol. The molecule has 0 heterocycles. The second-order valence-corrected chi connectivity index (χ2v) is 9.00. The zero-order chi connectivity index (χ0) is 27.4. The highest BCUT2D eigenvalue weighted by atomic mass is 16.5. The summed E-state index contributed by atoms with van der Waals surface area (Å²) in [6, 6.07) is 13.7. The van der Waals surface area contributed by atoms with E-state index in [-0.39, 0.29) is 37.9 Å². The molecule has 2 aromatic rings. The molecule has 0 unspecified atom stereocenters. The molecule has 4 N–H and O–H groups in total. The number of aliphatic hydroxyl groups is 1. The molecule has 200 valence electrons. The fraction of sp³-hybridized carbons (Fsp3) is 0.407. The fourth-order valence-electron chi connectivity index (χ4n) is 3.65. The number of rotatable bonds is 13. The first-order valence-electron chi connectivity index (χ1n) is 12.1. The smallest absolute Gasteiger partial charge is 0.331 e. The Hall–Kier alpha value is -3.92. The van der Waals surface area contributed by atoms with Crippen molar-refractivity contribution < 1.29 is 34.1 Å². The number of benzene rings is 2. The van der Waals surface area contributed by atoms with Crippen LogP contribution >= 0.6 is 0 Å². The highest BCUT2D eigenvalue weighted by Crippen LogP contribution is 2.20. The SMILES string of the molecule is CC(=O)NCCOC(=O)[C@H](CO)N(CC(C)C)C(=O)N[C@@H](Cc1ccc(-c2ccccc2)cc1)C(=O)O. The maximum Gasteiger partial charge on any atom is 0.331 e. The molecule has 2 aromatic carbocycles. The minimum atomic E-state index is -1.33. The number of amides is 3. The number of nitrogens with zero attached hydrogens (tertiary/aromatic N) is 1. The minimum absolute atomic E-state index is 0.0244. The lowest BCUT2D eigenvalue weighted by Gasteiger charge is -2.31. The number of carboxylic acid groups (broad SMARTS) is 1. The standard InChI is InChI=1S/C27H35N3O7/c1-18(2)16-30(24(17-31)26(35)37-14-13-28-19(3)32)27(36)29-23(25(33)34)15-20-9-11-22(12-10-20)21-7-5-4-6-8-21/h4-12,18,23-24,31H,13-17H2,1-3H3,(H,28,32)(H,29,36)(H,33,34)/t23-,24-/m0/s1. The second kappa shape index (κ2) is 14.6. The van der Waals surface area contributed by atoms with Gasteiger partial charge in [-0.05, 0) is 22.6 Å². The summed E-state index contributed by atoms with van der Waals surface area (Å²) >= 11 is 0. The molecule has 0 aliphatic carbocycles.